The lowest BCUT2D eigenvalue weighted by atomic mass is 10.1. The molecule has 1 aromatic carbocycles. The van der Waals surface area contributed by atoms with Gasteiger partial charge in [-0.2, -0.15) is 0 Å². The monoisotopic (exact) mass is 368 g/mol. The lowest BCUT2D eigenvalue weighted by molar-refractivity contribution is 0.199. The first-order valence-corrected chi connectivity index (χ1v) is 9.16. The van der Waals surface area contributed by atoms with Crippen molar-refractivity contribution in [3.63, 3.8) is 0 Å². The van der Waals surface area contributed by atoms with Crippen molar-refractivity contribution in [1.82, 2.24) is 25.1 Å². The van der Waals surface area contributed by atoms with Gasteiger partial charge in [-0.1, -0.05) is 10.4 Å². The van der Waals surface area contributed by atoms with Crippen LogP contribution < -0.4 is 10.5 Å². The fraction of sp³-hybridized carbons (Fsp3) is 0.421. The fourth-order valence-electron chi connectivity index (χ4n) is 3.40. The number of rotatable bonds is 6. The molecule has 0 saturated carbocycles. The Hall–Kier alpha value is -2.71. The van der Waals surface area contributed by atoms with E-state index >= 15 is 0 Å². The first-order chi connectivity index (χ1) is 13.2. The molecular formula is C19H24N6O2. The number of aromatic nitrogens is 4. The third kappa shape index (κ3) is 4.35. The molecule has 2 N–H and O–H groups in total. The van der Waals surface area contributed by atoms with Gasteiger partial charge in [0.15, 0.2) is 5.76 Å². The fourth-order valence-corrected chi connectivity index (χ4v) is 3.40. The van der Waals surface area contributed by atoms with Gasteiger partial charge in [0.1, 0.15) is 18.0 Å². The van der Waals surface area contributed by atoms with E-state index in [1.54, 1.807) is 11.8 Å². The molecule has 0 radical (unpaired) electrons. The summed E-state index contributed by atoms with van der Waals surface area (Å²) in [6, 6.07) is 9.90. The van der Waals surface area contributed by atoms with E-state index in [1.165, 1.54) is 0 Å². The van der Waals surface area contributed by atoms with E-state index in [-0.39, 0.29) is 6.04 Å². The molecule has 3 aromatic rings. The molecule has 8 nitrogen and oxygen atoms in total. The molecule has 0 aliphatic carbocycles. The number of hydrogen-bond acceptors (Lipinski definition) is 7. The normalized spacial score (nSPS) is 17.9. The molecule has 0 amide bonds. The van der Waals surface area contributed by atoms with E-state index in [4.69, 9.17) is 15.0 Å². The summed E-state index contributed by atoms with van der Waals surface area (Å²) >= 11 is 0. The Bertz CT molecular complexity index is 872. The predicted octanol–water partition coefficient (Wildman–Crippen LogP) is 1.91. The van der Waals surface area contributed by atoms with Crippen LogP contribution in [0.4, 0.5) is 0 Å². The number of methoxy groups -OCH3 is 1. The Morgan fingerprint density at radius 2 is 2.11 bits per heavy atom. The number of hydrogen-bond donors (Lipinski definition) is 1. The van der Waals surface area contributed by atoms with E-state index in [0.717, 1.165) is 60.9 Å². The Morgan fingerprint density at radius 3 is 2.89 bits per heavy atom. The number of nitrogens with two attached hydrogens (primary N) is 1. The van der Waals surface area contributed by atoms with E-state index in [1.807, 2.05) is 36.5 Å². The average Bonchev–Trinajstić information content (AvgIpc) is 3.32. The lowest BCUT2D eigenvalue weighted by Gasteiger charge is -2.29. The van der Waals surface area contributed by atoms with Crippen LogP contribution in [-0.4, -0.2) is 51.3 Å². The third-order valence-electron chi connectivity index (χ3n) is 4.78. The highest BCUT2D eigenvalue weighted by Crippen LogP contribution is 2.22. The van der Waals surface area contributed by atoms with E-state index in [9.17, 15) is 0 Å². The molecule has 3 heterocycles. The van der Waals surface area contributed by atoms with Gasteiger partial charge in [-0.15, -0.1) is 5.10 Å². The number of ether oxygens (including phenoxy) is 1. The van der Waals surface area contributed by atoms with Gasteiger partial charge in [-0.05, 0) is 43.7 Å². The molecule has 27 heavy (non-hydrogen) atoms. The average molecular weight is 368 g/mol. The molecule has 1 fully saturated rings. The molecule has 1 atom stereocenters. The minimum atomic E-state index is 0.263. The standard InChI is InChI=1S/C19H24N6O2/c1-26-17-6-4-14(5-7-17)19-9-18(27-22-19)13-25-12-16(21-23-25)11-24-8-2-3-15(20)10-24/h4-7,9,12,15H,2-3,8,10-11,13,20H2,1H3. The summed E-state index contributed by atoms with van der Waals surface area (Å²) in [5, 5.41) is 12.6. The molecule has 4 rings (SSSR count). The zero-order valence-electron chi connectivity index (χ0n) is 15.4. The SMILES string of the molecule is COc1ccc(-c2cc(Cn3cc(CN4CCCC(N)C4)nn3)on2)cc1. The molecule has 1 aliphatic rings. The minimum Gasteiger partial charge on any atom is -0.497 e. The summed E-state index contributed by atoms with van der Waals surface area (Å²) in [5.41, 5.74) is 8.75. The largest absolute Gasteiger partial charge is 0.497 e. The molecule has 0 spiro atoms. The first-order valence-electron chi connectivity index (χ1n) is 9.16. The summed E-state index contributed by atoms with van der Waals surface area (Å²) < 4.78 is 12.4. The van der Waals surface area contributed by atoms with Crippen molar-refractivity contribution in [1.29, 1.82) is 0 Å². The summed E-state index contributed by atoms with van der Waals surface area (Å²) in [6.45, 7) is 3.25. The van der Waals surface area contributed by atoms with Gasteiger partial charge >= 0.3 is 0 Å². The zero-order chi connectivity index (χ0) is 18.6. The van der Waals surface area contributed by atoms with Crippen LogP contribution in [0.15, 0.2) is 41.1 Å². The van der Waals surface area contributed by atoms with Crippen molar-refractivity contribution in [3.05, 3.63) is 48.0 Å². The van der Waals surface area contributed by atoms with Gasteiger partial charge in [0.05, 0.1) is 19.0 Å². The van der Waals surface area contributed by atoms with E-state index in [2.05, 4.69) is 20.4 Å². The van der Waals surface area contributed by atoms with Gasteiger partial charge in [0.2, 0.25) is 0 Å². The van der Waals surface area contributed by atoms with Gasteiger partial charge in [0, 0.05) is 30.8 Å². The highest BCUT2D eigenvalue weighted by molar-refractivity contribution is 5.59. The van der Waals surface area contributed by atoms with Gasteiger partial charge < -0.3 is 15.0 Å². The van der Waals surface area contributed by atoms with Gasteiger partial charge in [-0.3, -0.25) is 4.90 Å². The van der Waals surface area contributed by atoms with E-state index < -0.39 is 0 Å². The maximum absolute atomic E-state index is 6.04. The number of benzene rings is 1. The molecule has 1 saturated heterocycles. The second kappa shape index (κ2) is 7.89. The molecule has 142 valence electrons. The van der Waals surface area contributed by atoms with Gasteiger partial charge in [-0.25, -0.2) is 4.68 Å². The maximum Gasteiger partial charge on any atom is 0.158 e. The highest BCUT2D eigenvalue weighted by atomic mass is 16.5. The van der Waals surface area contributed by atoms with Crippen LogP contribution in [0.1, 0.15) is 24.3 Å². The third-order valence-corrected chi connectivity index (χ3v) is 4.78. The van der Waals surface area contributed by atoms with Gasteiger partial charge in [0.25, 0.3) is 0 Å². The topological polar surface area (TPSA) is 95.2 Å². The lowest BCUT2D eigenvalue weighted by Crippen LogP contribution is -2.42. The second-order valence-electron chi connectivity index (χ2n) is 6.95. The highest BCUT2D eigenvalue weighted by Gasteiger charge is 2.18. The van der Waals surface area contributed by atoms with E-state index in [0.29, 0.717) is 6.54 Å². The summed E-state index contributed by atoms with van der Waals surface area (Å²) in [6.07, 6.45) is 4.20. The Morgan fingerprint density at radius 1 is 1.26 bits per heavy atom. The first kappa shape index (κ1) is 17.7. The second-order valence-corrected chi connectivity index (χ2v) is 6.95. The quantitative estimate of drug-likeness (QED) is 0.710. The van der Waals surface area contributed by atoms with Crippen LogP contribution in [0.5, 0.6) is 5.75 Å². The van der Waals surface area contributed by atoms with Crippen LogP contribution in [-0.2, 0) is 13.1 Å². The molecule has 1 unspecified atom stereocenters. The molecule has 2 aromatic heterocycles. The smallest absolute Gasteiger partial charge is 0.158 e. The number of piperidine rings is 1. The number of likely N-dealkylation sites (tertiary alicyclic amines) is 1. The summed E-state index contributed by atoms with van der Waals surface area (Å²) in [7, 11) is 1.65. The molecule has 1 aliphatic heterocycles. The van der Waals surface area contributed by atoms with Crippen LogP contribution in [0.25, 0.3) is 11.3 Å². The Labute approximate surface area is 157 Å². The van der Waals surface area contributed by atoms with Crippen molar-refractivity contribution in [2.24, 2.45) is 5.73 Å². The minimum absolute atomic E-state index is 0.263. The Kier molecular flexibility index (Phi) is 5.17. The summed E-state index contributed by atoms with van der Waals surface area (Å²) in [4.78, 5) is 2.33. The summed E-state index contributed by atoms with van der Waals surface area (Å²) in [5.74, 6) is 1.55. The molecule has 8 heteroatoms. The van der Waals surface area contributed by atoms with Crippen molar-refractivity contribution in [2.45, 2.75) is 32.0 Å². The van der Waals surface area contributed by atoms with Crippen molar-refractivity contribution in [2.75, 3.05) is 20.2 Å². The Balaban J connectivity index is 1.38. The van der Waals surface area contributed by atoms with Crippen LogP contribution >= 0.6 is 0 Å². The maximum atomic E-state index is 6.04. The van der Waals surface area contributed by atoms with Crippen LogP contribution in [0.3, 0.4) is 0 Å². The number of nitrogens with zero attached hydrogens (tertiary/aromatic N) is 5. The predicted molar refractivity (Wildman–Crippen MR) is 100 cm³/mol. The van der Waals surface area contributed by atoms with Crippen molar-refractivity contribution < 1.29 is 9.26 Å². The molecular weight excluding hydrogens is 344 g/mol. The van der Waals surface area contributed by atoms with Crippen molar-refractivity contribution >= 4 is 0 Å². The van der Waals surface area contributed by atoms with Crippen LogP contribution in [0.2, 0.25) is 0 Å². The molecule has 0 bridgehead atoms. The zero-order valence-corrected chi connectivity index (χ0v) is 15.4. The van der Waals surface area contributed by atoms with Crippen LogP contribution in [0, 0.1) is 0 Å². The van der Waals surface area contributed by atoms with Crippen molar-refractivity contribution in [3.8, 4) is 17.0 Å².